The normalized spacial score (nSPS) is 11.0. The van der Waals surface area contributed by atoms with Crippen molar-refractivity contribution >= 4 is 0 Å². The summed E-state index contributed by atoms with van der Waals surface area (Å²) < 4.78 is 0. The van der Waals surface area contributed by atoms with Gasteiger partial charge in [-0.1, -0.05) is 45.0 Å². The first-order valence-corrected chi connectivity index (χ1v) is 5.07. The van der Waals surface area contributed by atoms with Crippen LogP contribution in [0.4, 0.5) is 0 Å². The molecule has 0 aliphatic carbocycles. The van der Waals surface area contributed by atoms with Crippen LogP contribution in [0.3, 0.4) is 0 Å². The van der Waals surface area contributed by atoms with Gasteiger partial charge in [-0.2, -0.15) is 0 Å². The SMILES string of the molecule is C#CCCc1ccc(C(C)(C)C)cc1. The minimum absolute atomic E-state index is 0.241. The summed E-state index contributed by atoms with van der Waals surface area (Å²) in [5, 5.41) is 0. The summed E-state index contributed by atoms with van der Waals surface area (Å²) >= 11 is 0. The van der Waals surface area contributed by atoms with E-state index in [2.05, 4.69) is 51.0 Å². The lowest BCUT2D eigenvalue weighted by Crippen LogP contribution is -2.10. The van der Waals surface area contributed by atoms with Gasteiger partial charge in [0.1, 0.15) is 0 Å². The molecule has 0 amide bonds. The van der Waals surface area contributed by atoms with Crippen LogP contribution in [-0.2, 0) is 11.8 Å². The lowest BCUT2D eigenvalue weighted by Gasteiger charge is -2.19. The molecule has 0 atom stereocenters. The molecule has 0 spiro atoms. The van der Waals surface area contributed by atoms with Crippen LogP contribution in [0, 0.1) is 12.3 Å². The standard InChI is InChI=1S/C14H18/c1-5-6-7-12-8-10-13(11-9-12)14(2,3)4/h1,8-11H,6-7H2,2-4H3. The molecule has 0 aromatic heterocycles. The number of aryl methyl sites for hydroxylation is 1. The predicted molar refractivity (Wildman–Crippen MR) is 62.3 cm³/mol. The summed E-state index contributed by atoms with van der Waals surface area (Å²) in [5.41, 5.74) is 2.95. The minimum Gasteiger partial charge on any atom is -0.120 e. The minimum atomic E-state index is 0.241. The van der Waals surface area contributed by atoms with Crippen LogP contribution in [0.1, 0.15) is 38.3 Å². The van der Waals surface area contributed by atoms with Crippen molar-refractivity contribution in [3.05, 3.63) is 35.4 Å². The first kappa shape index (κ1) is 10.9. The Morgan fingerprint density at radius 3 is 2.14 bits per heavy atom. The van der Waals surface area contributed by atoms with E-state index < -0.39 is 0 Å². The molecule has 0 nitrogen and oxygen atoms in total. The summed E-state index contributed by atoms with van der Waals surface area (Å²) in [7, 11) is 0. The van der Waals surface area contributed by atoms with Gasteiger partial charge in [-0.25, -0.2) is 0 Å². The van der Waals surface area contributed by atoms with Crippen molar-refractivity contribution in [2.45, 2.75) is 39.0 Å². The van der Waals surface area contributed by atoms with Crippen molar-refractivity contribution in [1.29, 1.82) is 0 Å². The summed E-state index contributed by atoms with van der Waals surface area (Å²) in [6, 6.07) is 8.76. The zero-order valence-corrected chi connectivity index (χ0v) is 9.30. The van der Waals surface area contributed by atoms with Gasteiger partial charge in [-0.15, -0.1) is 12.3 Å². The maximum Gasteiger partial charge on any atom is 0.0127 e. The van der Waals surface area contributed by atoms with Crippen LogP contribution in [0.5, 0.6) is 0 Å². The van der Waals surface area contributed by atoms with Gasteiger partial charge in [0.15, 0.2) is 0 Å². The zero-order chi connectivity index (χ0) is 10.6. The Hall–Kier alpha value is -1.22. The highest BCUT2D eigenvalue weighted by Crippen LogP contribution is 2.22. The van der Waals surface area contributed by atoms with E-state index >= 15 is 0 Å². The molecule has 0 saturated carbocycles. The molecule has 0 aliphatic rings. The molecule has 1 aromatic rings. The molecule has 0 saturated heterocycles. The number of benzene rings is 1. The molecule has 0 unspecified atom stereocenters. The molecule has 0 radical (unpaired) electrons. The fourth-order valence-electron chi connectivity index (χ4n) is 1.39. The highest BCUT2D eigenvalue weighted by atomic mass is 14.2. The molecular weight excluding hydrogens is 168 g/mol. The number of terminal acetylenes is 1. The number of hydrogen-bond acceptors (Lipinski definition) is 0. The summed E-state index contributed by atoms with van der Waals surface area (Å²) in [6.07, 6.45) is 7.04. The van der Waals surface area contributed by atoms with Crippen LogP contribution in [0.15, 0.2) is 24.3 Å². The van der Waals surface area contributed by atoms with Crippen LogP contribution < -0.4 is 0 Å². The molecule has 1 rings (SSSR count). The van der Waals surface area contributed by atoms with Gasteiger partial charge in [0, 0.05) is 6.42 Å². The van der Waals surface area contributed by atoms with Crippen molar-refractivity contribution < 1.29 is 0 Å². The first-order chi connectivity index (χ1) is 6.54. The van der Waals surface area contributed by atoms with E-state index in [1.54, 1.807) is 0 Å². The smallest absolute Gasteiger partial charge is 0.0127 e. The van der Waals surface area contributed by atoms with E-state index in [0.29, 0.717) is 0 Å². The second kappa shape index (κ2) is 4.33. The molecule has 0 heterocycles. The van der Waals surface area contributed by atoms with Crippen molar-refractivity contribution in [1.82, 2.24) is 0 Å². The molecule has 0 aliphatic heterocycles. The van der Waals surface area contributed by atoms with Gasteiger partial charge in [0.2, 0.25) is 0 Å². The molecule has 0 bridgehead atoms. The van der Waals surface area contributed by atoms with Gasteiger partial charge in [-0.3, -0.25) is 0 Å². The van der Waals surface area contributed by atoms with Gasteiger partial charge in [0.05, 0.1) is 0 Å². The topological polar surface area (TPSA) is 0 Å². The molecule has 0 fully saturated rings. The van der Waals surface area contributed by atoms with E-state index in [1.807, 2.05) is 0 Å². The predicted octanol–water partition coefficient (Wildman–Crippen LogP) is 3.55. The monoisotopic (exact) mass is 186 g/mol. The van der Waals surface area contributed by atoms with E-state index in [1.165, 1.54) is 11.1 Å². The Balaban J connectivity index is 2.75. The third-order valence-electron chi connectivity index (χ3n) is 2.38. The van der Waals surface area contributed by atoms with Crippen molar-refractivity contribution in [2.75, 3.05) is 0 Å². The second-order valence-corrected chi connectivity index (χ2v) is 4.65. The van der Waals surface area contributed by atoms with E-state index in [-0.39, 0.29) is 5.41 Å². The molecule has 0 heteroatoms. The average Bonchev–Trinajstić information content (AvgIpc) is 2.14. The maximum atomic E-state index is 5.23. The molecule has 14 heavy (non-hydrogen) atoms. The van der Waals surface area contributed by atoms with Crippen molar-refractivity contribution in [3.63, 3.8) is 0 Å². The third-order valence-corrected chi connectivity index (χ3v) is 2.38. The third kappa shape index (κ3) is 2.92. The largest absolute Gasteiger partial charge is 0.120 e. The fraction of sp³-hybridized carbons (Fsp3) is 0.429. The maximum absolute atomic E-state index is 5.23. The Morgan fingerprint density at radius 1 is 1.14 bits per heavy atom. The van der Waals surface area contributed by atoms with Gasteiger partial charge < -0.3 is 0 Å². The Labute approximate surface area is 87.4 Å². The zero-order valence-electron chi connectivity index (χ0n) is 9.30. The number of rotatable bonds is 2. The summed E-state index contributed by atoms with van der Waals surface area (Å²) in [4.78, 5) is 0. The second-order valence-electron chi connectivity index (χ2n) is 4.65. The Bertz CT molecular complexity index is 317. The molecule has 1 aromatic carbocycles. The van der Waals surface area contributed by atoms with E-state index in [4.69, 9.17) is 6.42 Å². The van der Waals surface area contributed by atoms with Crippen molar-refractivity contribution in [3.8, 4) is 12.3 Å². The Morgan fingerprint density at radius 2 is 1.71 bits per heavy atom. The lowest BCUT2D eigenvalue weighted by atomic mass is 9.86. The first-order valence-electron chi connectivity index (χ1n) is 5.07. The quantitative estimate of drug-likeness (QED) is 0.620. The van der Waals surface area contributed by atoms with Crippen molar-refractivity contribution in [2.24, 2.45) is 0 Å². The van der Waals surface area contributed by atoms with Crippen LogP contribution in [0.2, 0.25) is 0 Å². The summed E-state index contributed by atoms with van der Waals surface area (Å²) in [5.74, 6) is 2.66. The lowest BCUT2D eigenvalue weighted by molar-refractivity contribution is 0.590. The van der Waals surface area contributed by atoms with E-state index in [9.17, 15) is 0 Å². The Kier molecular flexibility index (Phi) is 3.36. The molecular formula is C14H18. The van der Waals surface area contributed by atoms with Gasteiger partial charge in [0.25, 0.3) is 0 Å². The molecule has 74 valence electrons. The van der Waals surface area contributed by atoms with Gasteiger partial charge in [-0.05, 0) is 23.0 Å². The average molecular weight is 186 g/mol. The van der Waals surface area contributed by atoms with Crippen LogP contribution in [0.25, 0.3) is 0 Å². The van der Waals surface area contributed by atoms with Gasteiger partial charge >= 0.3 is 0 Å². The van der Waals surface area contributed by atoms with Crippen LogP contribution >= 0.6 is 0 Å². The summed E-state index contributed by atoms with van der Waals surface area (Å²) in [6.45, 7) is 6.68. The van der Waals surface area contributed by atoms with E-state index in [0.717, 1.165) is 12.8 Å². The highest BCUT2D eigenvalue weighted by molar-refractivity contribution is 5.27. The molecule has 0 N–H and O–H groups in total. The number of hydrogen-bond donors (Lipinski definition) is 0. The highest BCUT2D eigenvalue weighted by Gasteiger charge is 2.12. The fourth-order valence-corrected chi connectivity index (χ4v) is 1.39. The van der Waals surface area contributed by atoms with Crippen LogP contribution in [-0.4, -0.2) is 0 Å².